The van der Waals surface area contributed by atoms with Crippen LogP contribution in [-0.4, -0.2) is 55.2 Å². The van der Waals surface area contributed by atoms with Gasteiger partial charge in [0, 0.05) is 32.4 Å². The lowest BCUT2D eigenvalue weighted by Gasteiger charge is -2.25. The number of rotatable bonds is 6. The van der Waals surface area contributed by atoms with Crippen LogP contribution in [0.4, 0.5) is 0 Å². The standard InChI is InChI=1S/C14H21N3O3/c1-20-9-8-17(10-11-4-2-6-15-11)14(19)12-5-3-7-16-13(12)18/h3,5,7,11,15H,2,4,6,8-10H2,1H3,(H,16,18). The molecule has 1 amide bonds. The van der Waals surface area contributed by atoms with Crippen LogP contribution in [0.3, 0.4) is 0 Å². The van der Waals surface area contributed by atoms with Crippen molar-refractivity contribution in [1.82, 2.24) is 15.2 Å². The third-order valence-electron chi connectivity index (χ3n) is 3.50. The smallest absolute Gasteiger partial charge is 0.260 e. The molecule has 1 aliphatic heterocycles. The largest absolute Gasteiger partial charge is 0.383 e. The number of H-pyrrole nitrogens is 1. The number of amides is 1. The number of pyridine rings is 1. The van der Waals surface area contributed by atoms with Crippen molar-refractivity contribution < 1.29 is 9.53 Å². The number of hydrogen-bond donors (Lipinski definition) is 2. The third-order valence-corrected chi connectivity index (χ3v) is 3.50. The molecule has 6 nitrogen and oxygen atoms in total. The lowest BCUT2D eigenvalue weighted by Crippen LogP contribution is -2.44. The van der Waals surface area contributed by atoms with Gasteiger partial charge < -0.3 is 19.9 Å². The SMILES string of the molecule is COCCN(CC1CCCN1)C(=O)c1ccc[nH]c1=O. The second kappa shape index (κ2) is 7.21. The minimum absolute atomic E-state index is 0.182. The molecule has 2 heterocycles. The lowest BCUT2D eigenvalue weighted by molar-refractivity contribution is 0.0677. The summed E-state index contributed by atoms with van der Waals surface area (Å²) in [6, 6.07) is 3.53. The number of nitrogens with one attached hydrogen (secondary N) is 2. The number of aromatic nitrogens is 1. The molecule has 1 aromatic rings. The molecule has 1 atom stereocenters. The highest BCUT2D eigenvalue weighted by atomic mass is 16.5. The molecule has 1 unspecified atom stereocenters. The highest BCUT2D eigenvalue weighted by molar-refractivity contribution is 5.93. The molecule has 1 aliphatic rings. The number of ether oxygens (including phenoxy) is 1. The van der Waals surface area contributed by atoms with Crippen molar-refractivity contribution in [2.75, 3.05) is 33.4 Å². The Morgan fingerprint density at radius 1 is 1.55 bits per heavy atom. The van der Waals surface area contributed by atoms with Crippen molar-refractivity contribution in [2.45, 2.75) is 18.9 Å². The molecule has 0 aliphatic carbocycles. The molecule has 110 valence electrons. The zero-order valence-electron chi connectivity index (χ0n) is 11.7. The number of carbonyl (C=O) groups excluding carboxylic acids is 1. The van der Waals surface area contributed by atoms with Crippen molar-refractivity contribution in [2.24, 2.45) is 0 Å². The van der Waals surface area contributed by atoms with Crippen molar-refractivity contribution in [3.8, 4) is 0 Å². The van der Waals surface area contributed by atoms with E-state index >= 15 is 0 Å². The van der Waals surface area contributed by atoms with Gasteiger partial charge in [-0.3, -0.25) is 9.59 Å². The quantitative estimate of drug-likeness (QED) is 0.781. The summed E-state index contributed by atoms with van der Waals surface area (Å²) < 4.78 is 5.05. The fraction of sp³-hybridized carbons (Fsp3) is 0.571. The van der Waals surface area contributed by atoms with Crippen LogP contribution in [-0.2, 0) is 4.74 Å². The molecule has 0 bridgehead atoms. The first-order chi connectivity index (χ1) is 9.72. The summed E-state index contributed by atoms with van der Waals surface area (Å²) in [4.78, 5) is 28.4. The summed E-state index contributed by atoms with van der Waals surface area (Å²) in [6.07, 6.45) is 3.71. The second-order valence-electron chi connectivity index (χ2n) is 4.95. The van der Waals surface area contributed by atoms with Gasteiger partial charge in [0.2, 0.25) is 0 Å². The molecule has 1 aromatic heterocycles. The summed E-state index contributed by atoms with van der Waals surface area (Å²) in [5, 5.41) is 3.36. The van der Waals surface area contributed by atoms with Gasteiger partial charge >= 0.3 is 0 Å². The van der Waals surface area contributed by atoms with E-state index in [4.69, 9.17) is 4.74 Å². The highest BCUT2D eigenvalue weighted by Gasteiger charge is 2.23. The summed E-state index contributed by atoms with van der Waals surface area (Å²) in [5.74, 6) is -0.238. The van der Waals surface area contributed by atoms with Crippen LogP contribution in [0.2, 0.25) is 0 Å². The molecule has 2 rings (SSSR count). The predicted molar refractivity (Wildman–Crippen MR) is 75.9 cm³/mol. The van der Waals surface area contributed by atoms with E-state index in [-0.39, 0.29) is 17.0 Å². The molecule has 0 spiro atoms. The van der Waals surface area contributed by atoms with Gasteiger partial charge in [-0.2, -0.15) is 0 Å². The van der Waals surface area contributed by atoms with Crippen LogP contribution >= 0.6 is 0 Å². The van der Waals surface area contributed by atoms with Crippen LogP contribution in [0, 0.1) is 0 Å². The number of hydrogen-bond acceptors (Lipinski definition) is 4. The van der Waals surface area contributed by atoms with E-state index in [9.17, 15) is 9.59 Å². The van der Waals surface area contributed by atoms with E-state index < -0.39 is 0 Å². The van der Waals surface area contributed by atoms with Gasteiger partial charge in [0.15, 0.2) is 0 Å². The molecule has 1 saturated heterocycles. The Bertz CT molecular complexity index is 494. The number of aromatic amines is 1. The second-order valence-corrected chi connectivity index (χ2v) is 4.95. The van der Waals surface area contributed by atoms with E-state index in [2.05, 4.69) is 10.3 Å². The van der Waals surface area contributed by atoms with Crippen molar-refractivity contribution in [3.63, 3.8) is 0 Å². The van der Waals surface area contributed by atoms with Crippen LogP contribution < -0.4 is 10.9 Å². The normalized spacial score (nSPS) is 18.1. The van der Waals surface area contributed by atoms with Gasteiger partial charge in [-0.05, 0) is 31.5 Å². The summed E-state index contributed by atoms with van der Waals surface area (Å²) in [5.41, 5.74) is -0.166. The zero-order chi connectivity index (χ0) is 14.4. The van der Waals surface area contributed by atoms with Gasteiger partial charge in [0.1, 0.15) is 5.56 Å². The molecule has 2 N–H and O–H groups in total. The Morgan fingerprint density at radius 3 is 3.05 bits per heavy atom. The molecular weight excluding hydrogens is 258 g/mol. The first-order valence-electron chi connectivity index (χ1n) is 6.91. The molecule has 0 saturated carbocycles. The topological polar surface area (TPSA) is 74.4 Å². The molecule has 0 aromatic carbocycles. The average molecular weight is 279 g/mol. The average Bonchev–Trinajstić information content (AvgIpc) is 2.96. The van der Waals surface area contributed by atoms with Crippen LogP contribution in [0.25, 0.3) is 0 Å². The van der Waals surface area contributed by atoms with Crippen molar-refractivity contribution in [1.29, 1.82) is 0 Å². The Balaban J connectivity index is 2.10. The van der Waals surface area contributed by atoms with Gasteiger partial charge in [-0.25, -0.2) is 0 Å². The molecular formula is C14H21N3O3. The maximum absolute atomic E-state index is 12.5. The Labute approximate surface area is 118 Å². The van der Waals surface area contributed by atoms with Crippen molar-refractivity contribution >= 4 is 5.91 Å². The van der Waals surface area contributed by atoms with Crippen molar-refractivity contribution in [3.05, 3.63) is 34.2 Å². The van der Waals surface area contributed by atoms with Gasteiger partial charge in [0.05, 0.1) is 6.61 Å². The number of carbonyl (C=O) groups is 1. The van der Waals surface area contributed by atoms with Gasteiger partial charge in [0.25, 0.3) is 11.5 Å². The summed E-state index contributed by atoms with van der Waals surface area (Å²) in [6.45, 7) is 2.55. The van der Waals surface area contributed by atoms with Crippen LogP contribution in [0.15, 0.2) is 23.1 Å². The minimum atomic E-state index is -0.348. The Hall–Kier alpha value is -1.66. The molecule has 20 heavy (non-hydrogen) atoms. The Kier molecular flexibility index (Phi) is 5.31. The zero-order valence-corrected chi connectivity index (χ0v) is 11.7. The Morgan fingerprint density at radius 2 is 2.40 bits per heavy atom. The van der Waals surface area contributed by atoms with Gasteiger partial charge in [-0.1, -0.05) is 0 Å². The predicted octanol–water partition coefficient (Wildman–Crippen LogP) is 0.215. The molecule has 1 fully saturated rings. The monoisotopic (exact) mass is 279 g/mol. The molecule has 6 heteroatoms. The fourth-order valence-corrected chi connectivity index (χ4v) is 2.42. The maximum atomic E-state index is 12.5. The first-order valence-corrected chi connectivity index (χ1v) is 6.91. The first kappa shape index (κ1) is 14.7. The highest BCUT2D eigenvalue weighted by Crippen LogP contribution is 2.09. The van der Waals surface area contributed by atoms with E-state index in [0.717, 1.165) is 19.4 Å². The molecule has 0 radical (unpaired) electrons. The fourth-order valence-electron chi connectivity index (χ4n) is 2.42. The van der Waals surface area contributed by atoms with Crippen LogP contribution in [0.1, 0.15) is 23.2 Å². The maximum Gasteiger partial charge on any atom is 0.260 e. The number of nitrogens with zero attached hydrogens (tertiary/aromatic N) is 1. The number of methoxy groups -OCH3 is 1. The lowest BCUT2D eigenvalue weighted by atomic mass is 10.2. The summed E-state index contributed by atoms with van der Waals surface area (Å²) in [7, 11) is 1.60. The third kappa shape index (κ3) is 3.68. The van der Waals surface area contributed by atoms with E-state index in [1.54, 1.807) is 24.1 Å². The van der Waals surface area contributed by atoms with E-state index in [0.29, 0.717) is 25.7 Å². The van der Waals surface area contributed by atoms with E-state index in [1.807, 2.05) is 0 Å². The summed E-state index contributed by atoms with van der Waals surface area (Å²) >= 11 is 0. The van der Waals surface area contributed by atoms with E-state index in [1.165, 1.54) is 6.20 Å². The van der Waals surface area contributed by atoms with Crippen LogP contribution in [0.5, 0.6) is 0 Å². The van der Waals surface area contributed by atoms with Gasteiger partial charge in [-0.15, -0.1) is 0 Å². The minimum Gasteiger partial charge on any atom is -0.383 e.